The fourth-order valence-corrected chi connectivity index (χ4v) is 6.56. The van der Waals surface area contributed by atoms with Gasteiger partial charge < -0.3 is 15.7 Å². The van der Waals surface area contributed by atoms with Crippen LogP contribution in [0.3, 0.4) is 0 Å². The molecule has 1 aliphatic rings. The highest BCUT2D eigenvalue weighted by atomic mass is 35.5. The largest absolute Gasteiger partial charge is 0.480 e. The van der Waals surface area contributed by atoms with Crippen molar-refractivity contribution in [1.82, 2.24) is 4.90 Å². The number of carboxylic acids is 1. The van der Waals surface area contributed by atoms with Gasteiger partial charge in [-0.25, -0.2) is 0 Å². The van der Waals surface area contributed by atoms with Gasteiger partial charge in [-0.3, -0.25) is 14.3 Å². The molecule has 1 saturated heterocycles. The summed E-state index contributed by atoms with van der Waals surface area (Å²) in [5.74, 6) is -1.20. The average Bonchev–Trinajstić information content (AvgIpc) is 2.70. The lowest BCUT2D eigenvalue weighted by molar-refractivity contribution is -0.141. The van der Waals surface area contributed by atoms with E-state index in [0.717, 1.165) is 16.7 Å². The topological polar surface area (TPSA) is 104 Å². The second-order valence-corrected chi connectivity index (χ2v) is 11.0. The van der Waals surface area contributed by atoms with Crippen molar-refractivity contribution < 1.29 is 19.4 Å². The zero-order valence-corrected chi connectivity index (χ0v) is 18.5. The summed E-state index contributed by atoms with van der Waals surface area (Å²) < 4.78 is 12.9. The van der Waals surface area contributed by atoms with Gasteiger partial charge in [-0.2, -0.15) is 0 Å². The third kappa shape index (κ3) is 4.79. The lowest BCUT2D eigenvalue weighted by atomic mass is 9.97. The highest BCUT2D eigenvalue weighted by Gasteiger charge is 2.56. The standard InChI is InChI=1S/C22H28ClN2O4P/c23-19-8-5-7-17(14-19)20-9-2-1-6-18(20)15-25-12-13-30(28,29)22(16-25,21(26)27)10-3-4-11-24/h1-2,5-9,14H,3-4,10-13,15-16,24H2,(H,26,27)(H,28,29)/t22-/m0/s1. The molecular formula is C22H28ClN2O4P. The summed E-state index contributed by atoms with van der Waals surface area (Å²) in [6, 6.07) is 15.5. The van der Waals surface area contributed by atoms with Crippen LogP contribution in [0.5, 0.6) is 0 Å². The van der Waals surface area contributed by atoms with Crippen molar-refractivity contribution in [1.29, 1.82) is 0 Å². The molecule has 6 nitrogen and oxygen atoms in total. The van der Waals surface area contributed by atoms with E-state index in [9.17, 15) is 19.4 Å². The molecule has 0 aliphatic carbocycles. The Bertz CT molecular complexity index is 954. The lowest BCUT2D eigenvalue weighted by Crippen LogP contribution is -2.53. The number of benzene rings is 2. The SMILES string of the molecule is NCCCC[C@@]1(C(=O)O)CN(Cc2ccccc2-c2cccc(Cl)c2)CCP1(=O)O. The van der Waals surface area contributed by atoms with Crippen LogP contribution in [0.4, 0.5) is 0 Å². The molecule has 30 heavy (non-hydrogen) atoms. The summed E-state index contributed by atoms with van der Waals surface area (Å²) in [7, 11) is -3.84. The minimum Gasteiger partial charge on any atom is -0.480 e. The highest BCUT2D eigenvalue weighted by molar-refractivity contribution is 7.61. The molecule has 2 atom stereocenters. The number of rotatable bonds is 8. The molecule has 162 valence electrons. The summed E-state index contributed by atoms with van der Waals surface area (Å²) in [5.41, 5.74) is 8.57. The predicted molar refractivity (Wildman–Crippen MR) is 120 cm³/mol. The van der Waals surface area contributed by atoms with E-state index in [4.69, 9.17) is 17.3 Å². The van der Waals surface area contributed by atoms with Crippen molar-refractivity contribution in [2.45, 2.75) is 31.0 Å². The first kappa shape index (κ1) is 23.0. The first-order valence-electron chi connectivity index (χ1n) is 10.1. The summed E-state index contributed by atoms with van der Waals surface area (Å²) in [4.78, 5) is 24.8. The monoisotopic (exact) mass is 450 g/mol. The van der Waals surface area contributed by atoms with Crippen LogP contribution in [0.1, 0.15) is 24.8 Å². The maximum Gasteiger partial charge on any atom is 0.320 e. The molecular weight excluding hydrogens is 423 g/mol. The van der Waals surface area contributed by atoms with E-state index in [-0.39, 0.29) is 19.1 Å². The maximum atomic E-state index is 12.9. The van der Waals surface area contributed by atoms with Crippen LogP contribution in [0.15, 0.2) is 48.5 Å². The third-order valence-electron chi connectivity index (χ3n) is 5.86. The Balaban J connectivity index is 1.88. The van der Waals surface area contributed by atoms with Gasteiger partial charge in [0.15, 0.2) is 5.16 Å². The number of hydrogen-bond donors (Lipinski definition) is 3. The van der Waals surface area contributed by atoms with Crippen LogP contribution in [0.2, 0.25) is 5.02 Å². The number of halogens is 1. The van der Waals surface area contributed by atoms with E-state index >= 15 is 0 Å². The minimum atomic E-state index is -3.84. The number of carboxylic acid groups (broad SMARTS) is 1. The quantitative estimate of drug-likeness (QED) is 0.414. The molecule has 0 aromatic heterocycles. The van der Waals surface area contributed by atoms with Gasteiger partial charge in [0, 0.05) is 30.8 Å². The summed E-state index contributed by atoms with van der Waals surface area (Å²) in [5, 5.41) is 8.96. The zero-order chi connectivity index (χ0) is 21.8. The number of nitrogens with zero attached hydrogens (tertiary/aromatic N) is 1. The zero-order valence-electron chi connectivity index (χ0n) is 16.8. The maximum absolute atomic E-state index is 12.9. The number of aliphatic carboxylic acids is 1. The molecule has 1 unspecified atom stereocenters. The normalized spacial score (nSPS) is 24.6. The van der Waals surface area contributed by atoms with Crippen LogP contribution < -0.4 is 5.73 Å². The van der Waals surface area contributed by atoms with E-state index < -0.39 is 18.5 Å². The molecule has 4 N–H and O–H groups in total. The smallest absolute Gasteiger partial charge is 0.320 e. The first-order chi connectivity index (χ1) is 14.3. The number of carbonyl (C=O) groups is 1. The fraction of sp³-hybridized carbons (Fsp3) is 0.409. The van der Waals surface area contributed by atoms with Crippen LogP contribution >= 0.6 is 19.0 Å². The number of hydrogen-bond acceptors (Lipinski definition) is 4. The van der Waals surface area contributed by atoms with Crippen molar-refractivity contribution in [3.63, 3.8) is 0 Å². The Morgan fingerprint density at radius 1 is 1.20 bits per heavy atom. The third-order valence-corrected chi connectivity index (χ3v) is 8.80. The van der Waals surface area contributed by atoms with Gasteiger partial charge in [0.2, 0.25) is 7.37 Å². The van der Waals surface area contributed by atoms with Crippen molar-refractivity contribution in [3.8, 4) is 11.1 Å². The summed E-state index contributed by atoms with van der Waals surface area (Å²) in [6.07, 6.45) is 1.27. The van der Waals surface area contributed by atoms with Crippen molar-refractivity contribution in [2.75, 3.05) is 25.8 Å². The van der Waals surface area contributed by atoms with E-state index in [1.807, 2.05) is 53.4 Å². The Labute approximate surface area is 182 Å². The Hall–Kier alpha value is -1.69. The lowest BCUT2D eigenvalue weighted by Gasteiger charge is -2.43. The molecule has 1 fully saturated rings. The molecule has 2 aromatic rings. The van der Waals surface area contributed by atoms with Crippen LogP contribution in [0, 0.1) is 0 Å². The second kappa shape index (κ2) is 9.63. The summed E-state index contributed by atoms with van der Waals surface area (Å²) in [6.45, 7) is 1.35. The van der Waals surface area contributed by atoms with E-state index in [1.54, 1.807) is 0 Å². The van der Waals surface area contributed by atoms with Gasteiger partial charge in [0.25, 0.3) is 0 Å². The van der Waals surface area contributed by atoms with Crippen molar-refractivity contribution in [2.24, 2.45) is 5.73 Å². The summed E-state index contributed by atoms with van der Waals surface area (Å²) >= 11 is 6.16. The molecule has 8 heteroatoms. The Kier molecular flexibility index (Phi) is 7.38. The molecule has 0 spiro atoms. The van der Waals surface area contributed by atoms with E-state index in [2.05, 4.69) is 0 Å². The highest BCUT2D eigenvalue weighted by Crippen LogP contribution is 2.59. The fourth-order valence-electron chi connectivity index (χ4n) is 4.16. The Morgan fingerprint density at radius 3 is 2.67 bits per heavy atom. The van der Waals surface area contributed by atoms with Gasteiger partial charge in [-0.15, -0.1) is 0 Å². The van der Waals surface area contributed by atoms with E-state index in [1.165, 1.54) is 0 Å². The molecule has 1 heterocycles. The average molecular weight is 451 g/mol. The van der Waals surface area contributed by atoms with Gasteiger partial charge >= 0.3 is 5.97 Å². The van der Waals surface area contributed by atoms with Gasteiger partial charge in [0.05, 0.1) is 0 Å². The van der Waals surface area contributed by atoms with Crippen LogP contribution in [0.25, 0.3) is 11.1 Å². The molecule has 3 rings (SSSR count). The van der Waals surface area contributed by atoms with Crippen molar-refractivity contribution in [3.05, 3.63) is 59.1 Å². The molecule has 0 bridgehead atoms. The van der Waals surface area contributed by atoms with Gasteiger partial charge in [-0.05, 0) is 48.2 Å². The number of nitrogens with two attached hydrogens (primary N) is 1. The van der Waals surface area contributed by atoms with Gasteiger partial charge in [-0.1, -0.05) is 54.4 Å². The van der Waals surface area contributed by atoms with Gasteiger partial charge in [0.1, 0.15) is 0 Å². The molecule has 2 aromatic carbocycles. The molecule has 0 radical (unpaired) electrons. The molecule has 0 amide bonds. The van der Waals surface area contributed by atoms with Crippen molar-refractivity contribution >= 4 is 24.9 Å². The molecule has 0 saturated carbocycles. The minimum absolute atomic E-state index is 0.0265. The van der Waals surface area contributed by atoms with Crippen LogP contribution in [-0.4, -0.2) is 51.8 Å². The van der Waals surface area contributed by atoms with Crippen LogP contribution in [-0.2, 0) is 15.9 Å². The number of unbranched alkanes of at least 4 members (excludes halogenated alkanes) is 1. The Morgan fingerprint density at radius 2 is 1.97 bits per heavy atom. The second-order valence-electron chi connectivity index (χ2n) is 7.89. The predicted octanol–water partition coefficient (Wildman–Crippen LogP) is 4.05. The first-order valence-corrected chi connectivity index (χ1v) is 12.3. The molecule has 1 aliphatic heterocycles. The van der Waals surface area contributed by atoms with E-state index in [0.29, 0.717) is 37.5 Å².